The van der Waals surface area contributed by atoms with Gasteiger partial charge in [-0.1, -0.05) is 26.3 Å². The van der Waals surface area contributed by atoms with Gasteiger partial charge in [0.1, 0.15) is 6.61 Å². The van der Waals surface area contributed by atoms with Crippen LogP contribution in [0.1, 0.15) is 51.3 Å². The van der Waals surface area contributed by atoms with Gasteiger partial charge < -0.3 is 4.74 Å². The van der Waals surface area contributed by atoms with E-state index in [0.29, 0.717) is 13.2 Å². The van der Waals surface area contributed by atoms with Crippen LogP contribution in [0.5, 0.6) is 0 Å². The molecule has 0 N–H and O–H groups in total. The first-order chi connectivity index (χ1) is 8.17. The number of hydrogen-bond acceptors (Lipinski definition) is 3. The van der Waals surface area contributed by atoms with Gasteiger partial charge in [0.2, 0.25) is 0 Å². The molecule has 0 bridgehead atoms. The molecule has 0 aliphatic rings. The zero-order valence-electron chi connectivity index (χ0n) is 11.7. The summed E-state index contributed by atoms with van der Waals surface area (Å²) >= 11 is 0. The molecule has 0 aromatic carbocycles. The van der Waals surface area contributed by atoms with Crippen molar-refractivity contribution >= 4 is 6.08 Å². The summed E-state index contributed by atoms with van der Waals surface area (Å²) in [7, 11) is 0. The first kappa shape index (κ1) is 15.8. The molecule has 0 unspecified atom stereocenters. The Morgan fingerprint density at radius 2 is 1.88 bits per heavy atom. The van der Waals surface area contributed by atoms with Crippen LogP contribution in [0.4, 0.5) is 0 Å². The van der Waals surface area contributed by atoms with Gasteiger partial charge in [0, 0.05) is 12.3 Å². The molecule has 0 amide bonds. The third kappa shape index (κ3) is 7.64. The Kier molecular flexibility index (Phi) is 9.25. The molecule has 0 saturated carbocycles. The molecule has 17 heavy (non-hydrogen) atoms. The predicted octanol–water partition coefficient (Wildman–Crippen LogP) is 3.77. The van der Waals surface area contributed by atoms with Crippen LogP contribution in [0.2, 0.25) is 0 Å². The third-order valence-corrected chi connectivity index (χ3v) is 1.69. The van der Waals surface area contributed by atoms with Gasteiger partial charge in [-0.05, 0) is 32.9 Å². The highest BCUT2D eigenvalue weighted by Gasteiger charge is 1.99. The molecule has 1 aromatic rings. The van der Waals surface area contributed by atoms with Crippen molar-refractivity contribution in [3.63, 3.8) is 0 Å². The van der Waals surface area contributed by atoms with E-state index in [1.54, 1.807) is 0 Å². The number of rotatable bonds is 4. The summed E-state index contributed by atoms with van der Waals surface area (Å²) in [4.78, 5) is 8.62. The predicted molar refractivity (Wildman–Crippen MR) is 72.8 cm³/mol. The van der Waals surface area contributed by atoms with Crippen LogP contribution in [0, 0.1) is 6.92 Å². The summed E-state index contributed by atoms with van der Waals surface area (Å²) in [6, 6.07) is 1.95. The molecule has 1 rings (SSSR count). The van der Waals surface area contributed by atoms with Crippen LogP contribution in [-0.2, 0) is 11.3 Å². The molecule has 3 nitrogen and oxygen atoms in total. The first-order valence-corrected chi connectivity index (χ1v) is 6.22. The monoisotopic (exact) mass is 236 g/mol. The topological polar surface area (TPSA) is 35.0 Å². The Hall–Kier alpha value is -1.22. The van der Waals surface area contributed by atoms with E-state index in [-0.39, 0.29) is 0 Å². The van der Waals surface area contributed by atoms with E-state index in [1.807, 2.05) is 39.0 Å². The third-order valence-electron chi connectivity index (χ3n) is 1.69. The number of aryl methyl sites for hydroxylation is 1. The fourth-order valence-corrected chi connectivity index (χ4v) is 1.17. The lowest BCUT2D eigenvalue weighted by atomic mass is 10.3. The first-order valence-electron chi connectivity index (χ1n) is 6.22. The maximum atomic E-state index is 5.26. The van der Waals surface area contributed by atoms with Crippen molar-refractivity contribution in [2.24, 2.45) is 0 Å². The van der Waals surface area contributed by atoms with Crippen LogP contribution < -0.4 is 0 Å². The standard InChI is InChI=1S/C11H16N2O.C3H8/c1-4-6-10-7-9(3)12-11(13-10)8-14-5-2;1-3-2/h4,6-7H,5,8H2,1-3H3;3H2,1-2H3/b6-4+;. The van der Waals surface area contributed by atoms with Crippen molar-refractivity contribution in [2.75, 3.05) is 6.61 Å². The van der Waals surface area contributed by atoms with Crippen molar-refractivity contribution in [1.82, 2.24) is 9.97 Å². The van der Waals surface area contributed by atoms with Crippen molar-refractivity contribution in [3.05, 3.63) is 29.4 Å². The van der Waals surface area contributed by atoms with Gasteiger partial charge in [0.25, 0.3) is 0 Å². The molecule has 0 spiro atoms. The Labute approximate surface area is 105 Å². The second-order valence-corrected chi connectivity index (χ2v) is 3.69. The fourth-order valence-electron chi connectivity index (χ4n) is 1.17. The van der Waals surface area contributed by atoms with Gasteiger partial charge in [-0.25, -0.2) is 9.97 Å². The Balaban J connectivity index is 0.000000770. The molecule has 0 saturated heterocycles. The van der Waals surface area contributed by atoms with Gasteiger partial charge in [-0.15, -0.1) is 0 Å². The Morgan fingerprint density at radius 3 is 2.41 bits per heavy atom. The van der Waals surface area contributed by atoms with E-state index in [1.165, 1.54) is 6.42 Å². The molecule has 1 aromatic heterocycles. The highest BCUT2D eigenvalue weighted by atomic mass is 16.5. The van der Waals surface area contributed by atoms with Crippen molar-refractivity contribution in [2.45, 2.75) is 47.6 Å². The lowest BCUT2D eigenvalue weighted by molar-refractivity contribution is 0.128. The van der Waals surface area contributed by atoms with E-state index in [9.17, 15) is 0 Å². The van der Waals surface area contributed by atoms with Gasteiger partial charge >= 0.3 is 0 Å². The van der Waals surface area contributed by atoms with Crippen molar-refractivity contribution in [1.29, 1.82) is 0 Å². The zero-order chi connectivity index (χ0) is 13.1. The SMILES string of the molecule is C/C=C/c1cc(C)nc(COCC)n1.CCC. The molecule has 3 heteroatoms. The lowest BCUT2D eigenvalue weighted by Crippen LogP contribution is -2.01. The molecular formula is C14H24N2O. The van der Waals surface area contributed by atoms with Crippen LogP contribution in [0.25, 0.3) is 6.08 Å². The normalized spacial score (nSPS) is 10.2. The summed E-state index contributed by atoms with van der Waals surface area (Å²) < 4.78 is 5.26. The van der Waals surface area contributed by atoms with Gasteiger partial charge in [0.15, 0.2) is 5.82 Å². The van der Waals surface area contributed by atoms with Crippen molar-refractivity contribution in [3.8, 4) is 0 Å². The minimum absolute atomic E-state index is 0.489. The number of hydrogen-bond donors (Lipinski definition) is 0. The van der Waals surface area contributed by atoms with Gasteiger partial charge in [-0.3, -0.25) is 0 Å². The zero-order valence-corrected chi connectivity index (χ0v) is 11.7. The number of aromatic nitrogens is 2. The van der Waals surface area contributed by atoms with E-state index < -0.39 is 0 Å². The van der Waals surface area contributed by atoms with E-state index in [4.69, 9.17) is 4.74 Å². The van der Waals surface area contributed by atoms with Crippen LogP contribution in [0.3, 0.4) is 0 Å². The van der Waals surface area contributed by atoms with Crippen LogP contribution in [-0.4, -0.2) is 16.6 Å². The average Bonchev–Trinajstić information content (AvgIpc) is 2.27. The second kappa shape index (κ2) is 9.97. The quantitative estimate of drug-likeness (QED) is 0.798. The minimum Gasteiger partial charge on any atom is -0.374 e. The highest BCUT2D eigenvalue weighted by molar-refractivity contribution is 5.44. The molecular weight excluding hydrogens is 212 g/mol. The summed E-state index contributed by atoms with van der Waals surface area (Å²) in [5.41, 5.74) is 1.91. The summed E-state index contributed by atoms with van der Waals surface area (Å²) in [5.74, 6) is 0.750. The maximum Gasteiger partial charge on any atom is 0.154 e. The van der Waals surface area contributed by atoms with E-state index >= 15 is 0 Å². The smallest absolute Gasteiger partial charge is 0.154 e. The lowest BCUT2D eigenvalue weighted by Gasteiger charge is -2.02. The summed E-state index contributed by atoms with van der Waals surface area (Å²) in [5, 5.41) is 0. The van der Waals surface area contributed by atoms with Crippen molar-refractivity contribution < 1.29 is 4.74 Å². The maximum absolute atomic E-state index is 5.26. The molecule has 1 heterocycles. The largest absolute Gasteiger partial charge is 0.374 e. The molecule has 0 aliphatic carbocycles. The molecule has 0 aliphatic heterocycles. The summed E-state index contributed by atoms with van der Waals surface area (Å²) in [6.45, 7) is 11.3. The number of ether oxygens (including phenoxy) is 1. The molecule has 0 radical (unpaired) electrons. The molecule has 0 fully saturated rings. The number of nitrogens with zero attached hydrogens (tertiary/aromatic N) is 2. The van der Waals surface area contributed by atoms with E-state index in [0.717, 1.165) is 17.2 Å². The minimum atomic E-state index is 0.489. The van der Waals surface area contributed by atoms with Crippen LogP contribution >= 0.6 is 0 Å². The van der Waals surface area contributed by atoms with E-state index in [2.05, 4.69) is 23.8 Å². The Bertz CT molecular complexity index is 335. The summed E-state index contributed by atoms with van der Waals surface area (Å²) in [6.07, 6.45) is 5.18. The fraction of sp³-hybridized carbons (Fsp3) is 0.571. The molecule has 96 valence electrons. The van der Waals surface area contributed by atoms with Crippen LogP contribution in [0.15, 0.2) is 12.1 Å². The average molecular weight is 236 g/mol. The van der Waals surface area contributed by atoms with Gasteiger partial charge in [-0.2, -0.15) is 0 Å². The Morgan fingerprint density at radius 1 is 1.24 bits per heavy atom. The highest BCUT2D eigenvalue weighted by Crippen LogP contribution is 2.03. The second-order valence-electron chi connectivity index (χ2n) is 3.69. The molecule has 0 atom stereocenters. The van der Waals surface area contributed by atoms with Gasteiger partial charge in [0.05, 0.1) is 5.69 Å². The number of allylic oxidation sites excluding steroid dienone is 1.